The molecule has 0 amide bonds. The minimum absolute atomic E-state index is 0.0758. The van der Waals surface area contributed by atoms with Gasteiger partial charge in [0.25, 0.3) is 0 Å². The molecule has 0 aliphatic carbocycles. The van der Waals surface area contributed by atoms with Crippen molar-refractivity contribution in [1.82, 2.24) is 9.97 Å². The lowest BCUT2D eigenvalue weighted by Crippen LogP contribution is -2.25. The van der Waals surface area contributed by atoms with E-state index in [9.17, 15) is 17.6 Å². The summed E-state index contributed by atoms with van der Waals surface area (Å²) in [6.45, 7) is 3.51. The standard InChI is InChI=1S/C22H24FN5O3S/c1-14(2)20(29)15-13-24-22(26-17-10-6-5-9-16(17)23)27-21(15)25-18-11-7-8-12-19(18)28(3)32(4,30)31/h5-14H,1-4H3,(H2,24,25,26,27). The van der Waals surface area contributed by atoms with E-state index in [1.165, 1.54) is 25.4 Å². The van der Waals surface area contributed by atoms with E-state index in [1.54, 1.807) is 50.2 Å². The van der Waals surface area contributed by atoms with Gasteiger partial charge >= 0.3 is 0 Å². The number of carbonyl (C=O) groups excluding carboxylic acids is 1. The molecule has 0 bridgehead atoms. The molecule has 0 atom stereocenters. The molecule has 8 nitrogen and oxygen atoms in total. The number of carbonyl (C=O) groups is 1. The molecule has 1 aromatic heterocycles. The first kappa shape index (κ1) is 23.1. The van der Waals surface area contributed by atoms with Gasteiger partial charge in [-0.15, -0.1) is 0 Å². The van der Waals surface area contributed by atoms with Crippen LogP contribution in [0.4, 0.5) is 33.2 Å². The normalized spacial score (nSPS) is 11.3. The molecular weight excluding hydrogens is 433 g/mol. The van der Waals surface area contributed by atoms with E-state index in [1.807, 2.05) is 0 Å². The van der Waals surface area contributed by atoms with Crippen LogP contribution < -0.4 is 14.9 Å². The number of sulfonamides is 1. The van der Waals surface area contributed by atoms with Gasteiger partial charge in [-0.2, -0.15) is 4.98 Å². The monoisotopic (exact) mass is 457 g/mol. The maximum absolute atomic E-state index is 14.0. The summed E-state index contributed by atoms with van der Waals surface area (Å²) >= 11 is 0. The van der Waals surface area contributed by atoms with Crippen molar-refractivity contribution < 1.29 is 17.6 Å². The van der Waals surface area contributed by atoms with E-state index >= 15 is 0 Å². The zero-order chi connectivity index (χ0) is 23.5. The zero-order valence-corrected chi connectivity index (χ0v) is 18.9. The fourth-order valence-corrected chi connectivity index (χ4v) is 3.39. The fraction of sp³-hybridized carbons (Fsp3) is 0.227. The van der Waals surface area contributed by atoms with Gasteiger partial charge in [0.1, 0.15) is 11.6 Å². The molecule has 0 unspecified atom stereocenters. The van der Waals surface area contributed by atoms with Crippen LogP contribution >= 0.6 is 0 Å². The van der Waals surface area contributed by atoms with E-state index in [4.69, 9.17) is 0 Å². The third-order valence-corrected chi connectivity index (χ3v) is 5.88. The maximum atomic E-state index is 14.0. The van der Waals surface area contributed by atoms with Crippen molar-refractivity contribution in [3.63, 3.8) is 0 Å². The first-order valence-corrected chi connectivity index (χ1v) is 11.7. The number of hydrogen-bond donors (Lipinski definition) is 2. The summed E-state index contributed by atoms with van der Waals surface area (Å²) in [6.07, 6.45) is 2.46. The molecule has 2 N–H and O–H groups in total. The molecule has 0 spiro atoms. The first-order valence-electron chi connectivity index (χ1n) is 9.80. The lowest BCUT2D eigenvalue weighted by Gasteiger charge is -2.21. The molecule has 0 aliphatic heterocycles. The molecule has 2 aromatic carbocycles. The van der Waals surface area contributed by atoms with E-state index in [0.717, 1.165) is 10.6 Å². The van der Waals surface area contributed by atoms with Gasteiger partial charge in [0, 0.05) is 19.2 Å². The molecule has 1 heterocycles. The lowest BCUT2D eigenvalue weighted by molar-refractivity contribution is 0.0939. The number of Topliss-reactive ketones (excluding diaryl/α,β-unsaturated/α-hetero) is 1. The number of anilines is 5. The van der Waals surface area contributed by atoms with Crippen LogP contribution in [0.3, 0.4) is 0 Å². The highest BCUT2D eigenvalue weighted by Gasteiger charge is 2.21. The van der Waals surface area contributed by atoms with Crippen LogP contribution in [-0.4, -0.2) is 37.5 Å². The molecule has 0 saturated heterocycles. The third kappa shape index (κ3) is 5.20. The van der Waals surface area contributed by atoms with Gasteiger partial charge in [-0.3, -0.25) is 9.10 Å². The Morgan fingerprint density at radius 2 is 1.66 bits per heavy atom. The van der Waals surface area contributed by atoms with Gasteiger partial charge < -0.3 is 10.6 Å². The van der Waals surface area contributed by atoms with Gasteiger partial charge in [-0.05, 0) is 24.3 Å². The third-order valence-electron chi connectivity index (χ3n) is 4.69. The summed E-state index contributed by atoms with van der Waals surface area (Å²) < 4.78 is 39.3. The molecule has 32 heavy (non-hydrogen) atoms. The van der Waals surface area contributed by atoms with Crippen molar-refractivity contribution >= 4 is 44.6 Å². The average Bonchev–Trinajstić information content (AvgIpc) is 2.74. The van der Waals surface area contributed by atoms with Crippen molar-refractivity contribution in [2.24, 2.45) is 5.92 Å². The first-order chi connectivity index (χ1) is 15.1. The Bertz CT molecular complexity index is 1250. The van der Waals surface area contributed by atoms with Gasteiger partial charge in [-0.25, -0.2) is 17.8 Å². The highest BCUT2D eigenvalue weighted by atomic mass is 32.2. The Kier molecular flexibility index (Phi) is 6.73. The van der Waals surface area contributed by atoms with Crippen LogP contribution in [0.15, 0.2) is 54.7 Å². The van der Waals surface area contributed by atoms with E-state index in [0.29, 0.717) is 11.4 Å². The molecule has 0 aliphatic rings. The Balaban J connectivity index is 2.06. The molecule has 0 fully saturated rings. The van der Waals surface area contributed by atoms with Gasteiger partial charge in [0.2, 0.25) is 16.0 Å². The zero-order valence-electron chi connectivity index (χ0n) is 18.1. The van der Waals surface area contributed by atoms with Gasteiger partial charge in [-0.1, -0.05) is 38.1 Å². The van der Waals surface area contributed by atoms with Crippen molar-refractivity contribution in [2.75, 3.05) is 28.2 Å². The predicted molar refractivity (Wildman–Crippen MR) is 124 cm³/mol. The number of aromatic nitrogens is 2. The number of nitrogens with zero attached hydrogens (tertiary/aromatic N) is 3. The molecular formula is C22H24FN5O3S. The second kappa shape index (κ2) is 9.31. The highest BCUT2D eigenvalue weighted by Crippen LogP contribution is 2.31. The smallest absolute Gasteiger partial charge is 0.232 e. The van der Waals surface area contributed by atoms with Crippen molar-refractivity contribution in [1.29, 1.82) is 0 Å². The van der Waals surface area contributed by atoms with Crippen LogP contribution in [0.5, 0.6) is 0 Å². The Hall–Kier alpha value is -3.53. The van der Waals surface area contributed by atoms with Crippen LogP contribution in [0.1, 0.15) is 24.2 Å². The van der Waals surface area contributed by atoms with E-state index < -0.39 is 15.8 Å². The van der Waals surface area contributed by atoms with Crippen LogP contribution in [0.25, 0.3) is 0 Å². The van der Waals surface area contributed by atoms with E-state index in [2.05, 4.69) is 20.6 Å². The summed E-state index contributed by atoms with van der Waals surface area (Å²) in [4.78, 5) is 21.3. The summed E-state index contributed by atoms with van der Waals surface area (Å²) in [5.74, 6) is -0.746. The molecule has 0 radical (unpaired) electrons. The number of nitrogens with one attached hydrogen (secondary N) is 2. The minimum atomic E-state index is -3.52. The number of hydrogen-bond acceptors (Lipinski definition) is 7. The average molecular weight is 458 g/mol. The second-order valence-corrected chi connectivity index (χ2v) is 9.47. The fourth-order valence-electron chi connectivity index (χ4n) is 2.87. The Labute approximate surface area is 186 Å². The topological polar surface area (TPSA) is 104 Å². The molecule has 10 heteroatoms. The van der Waals surface area contributed by atoms with Crippen LogP contribution in [-0.2, 0) is 10.0 Å². The summed E-state index contributed by atoms with van der Waals surface area (Å²) in [7, 11) is -2.09. The molecule has 3 aromatic rings. The minimum Gasteiger partial charge on any atom is -0.338 e. The van der Waals surface area contributed by atoms with Crippen molar-refractivity contribution in [3.8, 4) is 0 Å². The Morgan fingerprint density at radius 1 is 1.03 bits per heavy atom. The number of benzene rings is 2. The highest BCUT2D eigenvalue weighted by molar-refractivity contribution is 7.92. The second-order valence-electron chi connectivity index (χ2n) is 7.45. The van der Waals surface area contributed by atoms with Crippen LogP contribution in [0, 0.1) is 11.7 Å². The quantitative estimate of drug-likeness (QED) is 0.485. The summed E-state index contributed by atoms with van der Waals surface area (Å²) in [6, 6.07) is 12.8. The number of para-hydroxylation sites is 3. The number of ketones is 1. The van der Waals surface area contributed by atoms with E-state index in [-0.39, 0.29) is 34.7 Å². The molecule has 168 valence electrons. The predicted octanol–water partition coefficient (Wildman–Crippen LogP) is 4.34. The molecule has 3 rings (SSSR count). The number of halogens is 1. The van der Waals surface area contributed by atoms with Crippen molar-refractivity contribution in [3.05, 3.63) is 66.1 Å². The number of rotatable bonds is 8. The summed E-state index contributed by atoms with van der Waals surface area (Å²) in [5, 5.41) is 5.86. The molecule has 0 saturated carbocycles. The SMILES string of the molecule is CC(C)C(=O)c1cnc(Nc2ccccc2F)nc1Nc1ccccc1N(C)S(C)(=O)=O. The maximum Gasteiger partial charge on any atom is 0.232 e. The Morgan fingerprint density at radius 3 is 2.28 bits per heavy atom. The summed E-state index contributed by atoms with van der Waals surface area (Å²) in [5.41, 5.74) is 1.21. The largest absolute Gasteiger partial charge is 0.338 e. The van der Waals surface area contributed by atoms with Gasteiger partial charge in [0.15, 0.2) is 5.78 Å². The van der Waals surface area contributed by atoms with Gasteiger partial charge in [0.05, 0.1) is 28.9 Å². The van der Waals surface area contributed by atoms with Crippen molar-refractivity contribution in [2.45, 2.75) is 13.8 Å². The lowest BCUT2D eigenvalue weighted by atomic mass is 10.0. The van der Waals surface area contributed by atoms with Crippen LogP contribution in [0.2, 0.25) is 0 Å².